The van der Waals surface area contributed by atoms with Gasteiger partial charge in [0.1, 0.15) is 11.4 Å². The van der Waals surface area contributed by atoms with Crippen LogP contribution in [0.5, 0.6) is 5.75 Å². The quantitative estimate of drug-likeness (QED) is 0.644. The summed E-state index contributed by atoms with van der Waals surface area (Å²) >= 11 is 0. The zero-order valence-corrected chi connectivity index (χ0v) is 10.5. The van der Waals surface area contributed by atoms with E-state index in [0.29, 0.717) is 11.1 Å². The molecule has 98 valence electrons. The number of nitrogens with zero attached hydrogens (tertiary/aromatic N) is 2. The molecule has 0 aliphatic carbocycles. The largest absolute Gasteiger partial charge is 0.507 e. The number of aromatic hydroxyl groups is 1. The number of fused-ring (bicyclic) bond motifs is 1. The maximum atomic E-state index is 13.5. The summed E-state index contributed by atoms with van der Waals surface area (Å²) < 4.78 is 13.5. The van der Waals surface area contributed by atoms with Crippen molar-refractivity contribution in [2.45, 2.75) is 0 Å². The molecular weight excluding hydrogens is 255 g/mol. The third kappa shape index (κ3) is 2.23. The van der Waals surface area contributed by atoms with Crippen LogP contribution in [0.4, 0.5) is 15.8 Å². The molecule has 3 rings (SSSR count). The third-order valence-electron chi connectivity index (χ3n) is 3.00. The summed E-state index contributed by atoms with van der Waals surface area (Å²) in [6.45, 7) is 0. The first-order valence-corrected chi connectivity index (χ1v) is 6.13. The minimum atomic E-state index is -0.417. The zero-order valence-electron chi connectivity index (χ0n) is 10.5. The molecule has 3 nitrogen and oxygen atoms in total. The molecule has 0 radical (unpaired) electrons. The van der Waals surface area contributed by atoms with E-state index in [4.69, 9.17) is 0 Å². The molecule has 0 amide bonds. The number of hydrogen-bond donors (Lipinski definition) is 1. The Morgan fingerprint density at radius 2 is 1.35 bits per heavy atom. The SMILES string of the molecule is Oc1ccc(N=Nc2ccccc2F)c2ccccc12. The number of hydrogen-bond acceptors (Lipinski definition) is 3. The van der Waals surface area contributed by atoms with Crippen LogP contribution < -0.4 is 0 Å². The van der Waals surface area contributed by atoms with E-state index in [1.807, 2.05) is 18.2 Å². The normalized spacial score (nSPS) is 11.2. The van der Waals surface area contributed by atoms with Gasteiger partial charge in [0.2, 0.25) is 0 Å². The fourth-order valence-electron chi connectivity index (χ4n) is 2.00. The van der Waals surface area contributed by atoms with Gasteiger partial charge in [-0.05, 0) is 24.3 Å². The number of halogens is 1. The highest BCUT2D eigenvalue weighted by atomic mass is 19.1. The lowest BCUT2D eigenvalue weighted by Crippen LogP contribution is -1.76. The van der Waals surface area contributed by atoms with Gasteiger partial charge < -0.3 is 5.11 Å². The molecule has 1 N–H and O–H groups in total. The molecule has 0 aliphatic heterocycles. The molecule has 0 spiro atoms. The lowest BCUT2D eigenvalue weighted by atomic mass is 10.1. The molecule has 3 aromatic rings. The molecule has 20 heavy (non-hydrogen) atoms. The summed E-state index contributed by atoms with van der Waals surface area (Å²) in [6, 6.07) is 16.7. The fourth-order valence-corrected chi connectivity index (χ4v) is 2.00. The van der Waals surface area contributed by atoms with Crippen LogP contribution in [0.2, 0.25) is 0 Å². The Balaban J connectivity index is 2.08. The van der Waals surface area contributed by atoms with Crippen molar-refractivity contribution < 1.29 is 9.50 Å². The topological polar surface area (TPSA) is 45.0 Å². The van der Waals surface area contributed by atoms with Gasteiger partial charge in [-0.1, -0.05) is 36.4 Å². The minimum absolute atomic E-state index is 0.185. The van der Waals surface area contributed by atoms with Crippen molar-refractivity contribution >= 4 is 22.1 Å². The first kappa shape index (κ1) is 12.3. The van der Waals surface area contributed by atoms with Gasteiger partial charge in [-0.3, -0.25) is 0 Å². The lowest BCUT2D eigenvalue weighted by Gasteiger charge is -2.03. The van der Waals surface area contributed by atoms with Crippen molar-refractivity contribution in [1.29, 1.82) is 0 Å². The molecule has 0 fully saturated rings. The van der Waals surface area contributed by atoms with Gasteiger partial charge in [0.05, 0.1) is 5.69 Å². The highest BCUT2D eigenvalue weighted by Crippen LogP contribution is 2.33. The first-order chi connectivity index (χ1) is 9.75. The van der Waals surface area contributed by atoms with Crippen molar-refractivity contribution in [2.75, 3.05) is 0 Å². The van der Waals surface area contributed by atoms with Crippen LogP contribution in [0.1, 0.15) is 0 Å². The Morgan fingerprint density at radius 3 is 2.15 bits per heavy atom. The maximum absolute atomic E-state index is 13.5. The molecule has 0 atom stereocenters. The number of rotatable bonds is 2. The van der Waals surface area contributed by atoms with Crippen molar-refractivity contribution in [3.8, 4) is 5.75 Å². The Kier molecular flexibility index (Phi) is 3.13. The van der Waals surface area contributed by atoms with Crippen LogP contribution in [0.3, 0.4) is 0 Å². The van der Waals surface area contributed by atoms with E-state index >= 15 is 0 Å². The van der Waals surface area contributed by atoms with Gasteiger partial charge in [0, 0.05) is 10.8 Å². The van der Waals surface area contributed by atoms with Gasteiger partial charge in [-0.15, -0.1) is 10.2 Å². The van der Waals surface area contributed by atoms with Crippen LogP contribution in [0.15, 0.2) is 70.9 Å². The minimum Gasteiger partial charge on any atom is -0.507 e. The van der Waals surface area contributed by atoms with Crippen LogP contribution in [0.25, 0.3) is 10.8 Å². The molecule has 4 heteroatoms. The average molecular weight is 266 g/mol. The Labute approximate surface area is 115 Å². The van der Waals surface area contributed by atoms with E-state index < -0.39 is 5.82 Å². The molecule has 0 saturated heterocycles. The van der Waals surface area contributed by atoms with E-state index in [1.54, 1.807) is 36.4 Å². The van der Waals surface area contributed by atoms with Crippen LogP contribution in [-0.2, 0) is 0 Å². The van der Waals surface area contributed by atoms with Crippen molar-refractivity contribution in [3.63, 3.8) is 0 Å². The zero-order chi connectivity index (χ0) is 13.9. The average Bonchev–Trinajstić information content (AvgIpc) is 2.48. The van der Waals surface area contributed by atoms with Crippen LogP contribution in [0, 0.1) is 5.82 Å². The number of azo groups is 1. The highest BCUT2D eigenvalue weighted by Gasteiger charge is 2.04. The molecule has 0 aliphatic rings. The molecule has 0 saturated carbocycles. The Morgan fingerprint density at radius 1 is 0.700 bits per heavy atom. The van der Waals surface area contributed by atoms with Gasteiger partial charge >= 0.3 is 0 Å². The van der Waals surface area contributed by atoms with E-state index in [2.05, 4.69) is 10.2 Å². The second kappa shape index (κ2) is 5.09. The van der Waals surface area contributed by atoms with Gasteiger partial charge in [0.25, 0.3) is 0 Å². The van der Waals surface area contributed by atoms with Crippen molar-refractivity contribution in [1.82, 2.24) is 0 Å². The summed E-state index contributed by atoms with van der Waals surface area (Å²) in [5, 5.41) is 19.3. The van der Waals surface area contributed by atoms with Gasteiger partial charge in [0.15, 0.2) is 5.82 Å². The maximum Gasteiger partial charge on any atom is 0.150 e. The summed E-state index contributed by atoms with van der Waals surface area (Å²) in [4.78, 5) is 0. The monoisotopic (exact) mass is 266 g/mol. The Hall–Kier alpha value is -2.75. The number of phenols is 1. The predicted octanol–water partition coefficient (Wildman–Crippen LogP) is 5.10. The van der Waals surface area contributed by atoms with E-state index in [0.717, 1.165) is 5.39 Å². The summed E-state index contributed by atoms with van der Waals surface area (Å²) in [5.74, 6) is -0.232. The van der Waals surface area contributed by atoms with Crippen molar-refractivity contribution in [3.05, 3.63) is 66.5 Å². The lowest BCUT2D eigenvalue weighted by molar-refractivity contribution is 0.481. The smallest absolute Gasteiger partial charge is 0.150 e. The molecule has 0 unspecified atom stereocenters. The molecular formula is C16H11FN2O. The number of benzene rings is 3. The molecule has 3 aromatic carbocycles. The standard InChI is InChI=1S/C16H11FN2O/c17-13-7-3-4-8-15(13)19-18-14-9-10-16(20)12-6-2-1-5-11(12)14/h1-10,20H. The molecule has 0 bridgehead atoms. The van der Waals surface area contributed by atoms with Crippen LogP contribution >= 0.6 is 0 Å². The molecule has 0 heterocycles. The van der Waals surface area contributed by atoms with Crippen molar-refractivity contribution in [2.24, 2.45) is 10.2 Å². The van der Waals surface area contributed by atoms with Gasteiger partial charge in [-0.25, -0.2) is 4.39 Å². The van der Waals surface area contributed by atoms with E-state index in [9.17, 15) is 9.50 Å². The van der Waals surface area contributed by atoms with Crippen LogP contribution in [-0.4, -0.2) is 5.11 Å². The summed E-state index contributed by atoms with van der Waals surface area (Å²) in [6.07, 6.45) is 0. The first-order valence-electron chi connectivity index (χ1n) is 6.13. The second-order valence-electron chi connectivity index (χ2n) is 4.30. The van der Waals surface area contributed by atoms with Gasteiger partial charge in [-0.2, -0.15) is 0 Å². The third-order valence-corrected chi connectivity index (χ3v) is 3.00. The highest BCUT2D eigenvalue weighted by molar-refractivity contribution is 5.96. The second-order valence-corrected chi connectivity index (χ2v) is 4.30. The molecule has 0 aromatic heterocycles. The summed E-state index contributed by atoms with van der Waals surface area (Å²) in [5.41, 5.74) is 0.770. The number of phenolic OH excluding ortho intramolecular Hbond substituents is 1. The Bertz CT molecular complexity index is 799. The summed E-state index contributed by atoms with van der Waals surface area (Å²) in [7, 11) is 0. The van der Waals surface area contributed by atoms with E-state index in [-0.39, 0.29) is 11.4 Å². The fraction of sp³-hybridized carbons (Fsp3) is 0. The predicted molar refractivity (Wildman–Crippen MR) is 76.2 cm³/mol. The van der Waals surface area contributed by atoms with E-state index in [1.165, 1.54) is 6.07 Å².